The molecule has 5 rings (SSSR count). The van der Waals surface area contributed by atoms with Gasteiger partial charge in [0.2, 0.25) is 0 Å². The van der Waals surface area contributed by atoms with E-state index in [0.29, 0.717) is 36.0 Å². The fourth-order valence-electron chi connectivity index (χ4n) is 5.36. The summed E-state index contributed by atoms with van der Waals surface area (Å²) in [5.74, 6) is 1.27. The predicted octanol–water partition coefficient (Wildman–Crippen LogP) is 3.84. The molecule has 0 radical (unpaired) electrons. The number of aromatic hydroxyl groups is 1. The number of anilines is 1. The third kappa shape index (κ3) is 3.69. The average molecular weight is 455 g/mol. The van der Waals surface area contributed by atoms with Crippen LogP contribution in [-0.2, 0) is 16.6 Å². The smallest absolute Gasteiger partial charge is 0.259 e. The molecule has 1 spiro atoms. The van der Waals surface area contributed by atoms with E-state index in [0.717, 1.165) is 31.5 Å². The summed E-state index contributed by atoms with van der Waals surface area (Å²) in [6.45, 7) is 5.54. The van der Waals surface area contributed by atoms with E-state index in [1.165, 1.54) is 27.9 Å². The first-order valence-electron chi connectivity index (χ1n) is 11.4. The Morgan fingerprint density at radius 1 is 1.25 bits per heavy atom. The van der Waals surface area contributed by atoms with E-state index in [-0.39, 0.29) is 6.04 Å². The number of aromatic nitrogens is 2. The van der Waals surface area contributed by atoms with Crippen molar-refractivity contribution in [1.29, 1.82) is 0 Å². The molecule has 1 saturated carbocycles. The Morgan fingerprint density at radius 2 is 2.06 bits per heavy atom. The van der Waals surface area contributed by atoms with Crippen LogP contribution in [0, 0.1) is 6.92 Å². The summed E-state index contributed by atoms with van der Waals surface area (Å²) in [7, 11) is -3.58. The Kier molecular flexibility index (Phi) is 5.25. The summed E-state index contributed by atoms with van der Waals surface area (Å²) >= 11 is 0. The minimum atomic E-state index is -3.58. The largest absolute Gasteiger partial charge is 0.508 e. The highest BCUT2D eigenvalue weighted by Crippen LogP contribution is 2.43. The first-order valence-corrected chi connectivity index (χ1v) is 12.9. The molecule has 8 heteroatoms. The molecular weight excluding hydrogens is 424 g/mol. The van der Waals surface area contributed by atoms with Crippen molar-refractivity contribution in [2.75, 3.05) is 10.8 Å². The van der Waals surface area contributed by atoms with Crippen LogP contribution in [0.25, 0.3) is 0 Å². The number of hydrogen-bond donors (Lipinski definition) is 1. The highest BCUT2D eigenvalue weighted by Gasteiger charge is 2.50. The molecular formula is C24H30N4O3S. The van der Waals surface area contributed by atoms with E-state index in [9.17, 15) is 13.5 Å². The third-order valence-electron chi connectivity index (χ3n) is 7.29. The molecule has 1 N–H and O–H groups in total. The van der Waals surface area contributed by atoms with Gasteiger partial charge in [-0.1, -0.05) is 18.6 Å². The molecule has 1 saturated heterocycles. The maximum Gasteiger partial charge on any atom is 0.259 e. The van der Waals surface area contributed by atoms with Crippen molar-refractivity contribution in [3.63, 3.8) is 0 Å². The van der Waals surface area contributed by atoms with Crippen molar-refractivity contribution in [3.05, 3.63) is 58.9 Å². The second kappa shape index (κ2) is 7.85. The highest BCUT2D eigenvalue weighted by atomic mass is 32.2. The van der Waals surface area contributed by atoms with Crippen molar-refractivity contribution in [2.45, 2.75) is 70.0 Å². The molecule has 1 aromatic carbocycles. The molecule has 32 heavy (non-hydrogen) atoms. The molecule has 3 aliphatic rings. The summed E-state index contributed by atoms with van der Waals surface area (Å²) in [5.41, 5.74) is 2.36. The molecule has 170 valence electrons. The minimum Gasteiger partial charge on any atom is -0.508 e. The monoisotopic (exact) mass is 454 g/mol. The van der Waals surface area contributed by atoms with E-state index in [1.54, 1.807) is 6.20 Å². The van der Waals surface area contributed by atoms with Crippen molar-refractivity contribution in [2.24, 2.45) is 0 Å². The molecule has 0 amide bonds. The van der Waals surface area contributed by atoms with E-state index in [4.69, 9.17) is 0 Å². The lowest BCUT2D eigenvalue weighted by Gasteiger charge is -2.46. The van der Waals surface area contributed by atoms with Gasteiger partial charge in [-0.05, 0) is 68.7 Å². The number of likely N-dealkylation sites (tertiary alicyclic amines) is 1. The van der Waals surface area contributed by atoms with Crippen LogP contribution in [0.4, 0.5) is 5.82 Å². The Bertz CT molecular complexity index is 1160. The Labute approximate surface area is 189 Å². The number of hydrogen-bond acceptors (Lipinski definition) is 6. The molecule has 7 nitrogen and oxygen atoms in total. The molecule has 2 fully saturated rings. The summed E-state index contributed by atoms with van der Waals surface area (Å²) < 4.78 is 27.3. The van der Waals surface area contributed by atoms with Crippen LogP contribution in [0.5, 0.6) is 5.75 Å². The summed E-state index contributed by atoms with van der Waals surface area (Å²) in [5, 5.41) is 11.6. The van der Waals surface area contributed by atoms with Gasteiger partial charge in [-0.2, -0.15) is 0 Å². The maximum absolute atomic E-state index is 12.9. The number of aryl methyl sites for hydroxylation is 1. The number of benzene rings is 1. The summed E-state index contributed by atoms with van der Waals surface area (Å²) in [6, 6.07) is 6.17. The number of rotatable bonds is 4. The first kappa shape index (κ1) is 21.4. The SMILES string of the molecule is Cc1cncc(N2[C@]3(C=CS2(=O)=O)CCN(Cc2ccc(O)c(C4CCC4)c2)[C@@H](C)C3)n1. The molecule has 0 bridgehead atoms. The van der Waals surface area contributed by atoms with Crippen molar-refractivity contribution >= 4 is 15.8 Å². The molecule has 1 aromatic heterocycles. The normalized spacial score (nSPS) is 27.7. The van der Waals surface area contributed by atoms with Crippen molar-refractivity contribution < 1.29 is 13.5 Å². The molecule has 2 aliphatic heterocycles. The van der Waals surface area contributed by atoms with Gasteiger partial charge < -0.3 is 5.11 Å². The number of phenols is 1. The summed E-state index contributed by atoms with van der Waals surface area (Å²) in [6.07, 6.45) is 9.92. The molecule has 2 atom stereocenters. The maximum atomic E-state index is 12.9. The highest BCUT2D eigenvalue weighted by molar-refractivity contribution is 7.96. The number of sulfonamides is 1. The van der Waals surface area contributed by atoms with Crippen LogP contribution in [0.3, 0.4) is 0 Å². The van der Waals surface area contributed by atoms with E-state index in [2.05, 4.69) is 27.9 Å². The van der Waals surface area contributed by atoms with Gasteiger partial charge in [-0.25, -0.2) is 17.7 Å². The molecule has 2 aromatic rings. The standard InChI is InChI=1S/C24H30N4O3S/c1-17-14-25-15-23(26-17)28-24(9-11-32(28,30)31)8-10-27(18(2)13-24)16-19-6-7-22(29)21(12-19)20-4-3-5-20/h6-7,9,11-12,14-15,18,20,29H,3-5,8,10,13,16H2,1-2H3/t18-,24-/m0/s1. The third-order valence-corrected chi connectivity index (χ3v) is 8.83. The summed E-state index contributed by atoms with van der Waals surface area (Å²) in [4.78, 5) is 11.0. The van der Waals surface area contributed by atoms with Crippen LogP contribution < -0.4 is 4.31 Å². The minimum absolute atomic E-state index is 0.183. The topological polar surface area (TPSA) is 86.6 Å². The van der Waals surface area contributed by atoms with Gasteiger partial charge in [0.1, 0.15) is 5.75 Å². The number of phenolic OH excluding ortho intramolecular Hbond substituents is 1. The Morgan fingerprint density at radius 3 is 2.75 bits per heavy atom. The average Bonchev–Trinajstić information content (AvgIpc) is 2.95. The van der Waals surface area contributed by atoms with Crippen LogP contribution in [-0.4, -0.2) is 46.5 Å². The fraction of sp³-hybridized carbons (Fsp3) is 0.500. The second-order valence-electron chi connectivity index (χ2n) is 9.53. The Balaban J connectivity index is 1.36. The zero-order chi connectivity index (χ0) is 22.5. The lowest BCUT2D eigenvalue weighted by Crippen LogP contribution is -2.56. The second-order valence-corrected chi connectivity index (χ2v) is 11.2. The zero-order valence-electron chi connectivity index (χ0n) is 18.6. The van der Waals surface area contributed by atoms with Gasteiger partial charge >= 0.3 is 0 Å². The zero-order valence-corrected chi connectivity index (χ0v) is 19.4. The fourth-order valence-corrected chi connectivity index (χ4v) is 6.98. The molecule has 1 aliphatic carbocycles. The number of nitrogens with zero attached hydrogens (tertiary/aromatic N) is 4. The van der Waals surface area contributed by atoms with E-state index >= 15 is 0 Å². The lowest BCUT2D eigenvalue weighted by atomic mass is 9.79. The van der Waals surface area contributed by atoms with Gasteiger partial charge in [-0.15, -0.1) is 0 Å². The van der Waals surface area contributed by atoms with Crippen LogP contribution >= 0.6 is 0 Å². The number of piperidine rings is 1. The van der Waals surface area contributed by atoms with Crippen LogP contribution in [0.15, 0.2) is 42.1 Å². The molecule has 3 heterocycles. The van der Waals surface area contributed by atoms with E-state index < -0.39 is 15.6 Å². The quantitative estimate of drug-likeness (QED) is 0.755. The van der Waals surface area contributed by atoms with Gasteiger partial charge in [0.25, 0.3) is 10.0 Å². The van der Waals surface area contributed by atoms with E-state index in [1.807, 2.05) is 25.1 Å². The Hall–Kier alpha value is -2.45. The van der Waals surface area contributed by atoms with Gasteiger partial charge in [0, 0.05) is 30.7 Å². The lowest BCUT2D eigenvalue weighted by molar-refractivity contribution is 0.119. The molecule has 0 unspecified atom stereocenters. The van der Waals surface area contributed by atoms with Crippen molar-refractivity contribution in [1.82, 2.24) is 14.9 Å². The first-order chi connectivity index (χ1) is 15.3. The van der Waals surface area contributed by atoms with Gasteiger partial charge in [0.15, 0.2) is 5.82 Å². The van der Waals surface area contributed by atoms with Gasteiger partial charge in [0.05, 0.1) is 17.4 Å². The van der Waals surface area contributed by atoms with Gasteiger partial charge in [-0.3, -0.25) is 9.88 Å². The van der Waals surface area contributed by atoms with Crippen LogP contribution in [0.2, 0.25) is 0 Å². The predicted molar refractivity (Wildman–Crippen MR) is 124 cm³/mol. The van der Waals surface area contributed by atoms with Crippen LogP contribution in [0.1, 0.15) is 61.8 Å². The van der Waals surface area contributed by atoms with Crippen molar-refractivity contribution in [3.8, 4) is 5.75 Å².